The van der Waals surface area contributed by atoms with Gasteiger partial charge in [-0.15, -0.1) is 11.3 Å². The minimum atomic E-state index is -0.908. The molecular weight excluding hydrogens is 236 g/mol. The number of carbonyl (C=O) groups is 1. The number of aromatic carboxylic acids is 1. The van der Waals surface area contributed by atoms with Gasteiger partial charge in [0.1, 0.15) is 10.7 Å². The lowest BCUT2D eigenvalue weighted by Gasteiger charge is -2.12. The Bertz CT molecular complexity index is 530. The fraction of sp³-hybridized carbons (Fsp3) is 0.333. The van der Waals surface area contributed by atoms with Gasteiger partial charge >= 0.3 is 5.97 Å². The van der Waals surface area contributed by atoms with Crippen molar-refractivity contribution < 1.29 is 9.90 Å². The van der Waals surface area contributed by atoms with E-state index in [1.54, 1.807) is 34.2 Å². The number of hydrogen-bond donors (Lipinski definition) is 1. The third-order valence-electron chi connectivity index (χ3n) is 2.69. The predicted molar refractivity (Wildman–Crippen MR) is 66.7 cm³/mol. The van der Waals surface area contributed by atoms with Crippen LogP contribution in [0.4, 0.5) is 0 Å². The van der Waals surface area contributed by atoms with Crippen molar-refractivity contribution in [3.05, 3.63) is 40.1 Å². The maximum atomic E-state index is 11.0. The number of carboxylic acids is 1. The summed E-state index contributed by atoms with van der Waals surface area (Å²) in [5.41, 5.74) is 0.297. The molecule has 17 heavy (non-hydrogen) atoms. The van der Waals surface area contributed by atoms with E-state index in [0.29, 0.717) is 5.69 Å². The van der Waals surface area contributed by atoms with Crippen molar-refractivity contribution in [1.29, 1.82) is 0 Å². The fourth-order valence-electron chi connectivity index (χ4n) is 1.71. The van der Waals surface area contributed by atoms with Crippen LogP contribution in [0.5, 0.6) is 0 Å². The standard InChI is InChI=1S/C12H14N2O2S/c1-3-9-7-13-11(17-9)8(2)14-6-4-5-10(14)12(15)16/h4-8H,3H2,1-2H3,(H,15,16). The highest BCUT2D eigenvalue weighted by atomic mass is 32.1. The number of rotatable bonds is 4. The Balaban J connectivity index is 2.33. The number of nitrogens with zero attached hydrogens (tertiary/aromatic N) is 2. The highest BCUT2D eigenvalue weighted by Crippen LogP contribution is 2.25. The molecule has 1 atom stereocenters. The minimum absolute atomic E-state index is 0.0404. The van der Waals surface area contributed by atoms with Gasteiger partial charge in [0.15, 0.2) is 0 Å². The van der Waals surface area contributed by atoms with E-state index in [-0.39, 0.29) is 6.04 Å². The molecule has 2 heterocycles. The number of aryl methyl sites for hydroxylation is 1. The van der Waals surface area contributed by atoms with Crippen molar-refractivity contribution in [1.82, 2.24) is 9.55 Å². The van der Waals surface area contributed by atoms with E-state index in [9.17, 15) is 4.79 Å². The topological polar surface area (TPSA) is 55.1 Å². The third-order valence-corrected chi connectivity index (χ3v) is 4.00. The molecule has 2 aromatic heterocycles. The molecular formula is C12H14N2O2S. The maximum absolute atomic E-state index is 11.0. The van der Waals surface area contributed by atoms with Crippen LogP contribution < -0.4 is 0 Å². The van der Waals surface area contributed by atoms with Gasteiger partial charge in [-0.1, -0.05) is 6.92 Å². The highest BCUT2D eigenvalue weighted by Gasteiger charge is 2.17. The van der Waals surface area contributed by atoms with E-state index < -0.39 is 5.97 Å². The first kappa shape index (κ1) is 11.9. The van der Waals surface area contributed by atoms with Crippen LogP contribution >= 0.6 is 11.3 Å². The zero-order valence-corrected chi connectivity index (χ0v) is 10.6. The molecule has 0 aliphatic rings. The van der Waals surface area contributed by atoms with Crippen LogP contribution in [0, 0.1) is 0 Å². The molecule has 0 saturated heterocycles. The van der Waals surface area contributed by atoms with E-state index in [4.69, 9.17) is 5.11 Å². The third kappa shape index (κ3) is 2.24. The van der Waals surface area contributed by atoms with E-state index >= 15 is 0 Å². The largest absolute Gasteiger partial charge is 0.477 e. The summed E-state index contributed by atoms with van der Waals surface area (Å²) in [6.07, 6.45) is 4.60. The molecule has 0 aromatic carbocycles. The molecule has 0 spiro atoms. The van der Waals surface area contributed by atoms with Gasteiger partial charge in [0.25, 0.3) is 0 Å². The molecule has 0 aliphatic heterocycles. The van der Waals surface area contributed by atoms with Gasteiger partial charge in [-0.25, -0.2) is 9.78 Å². The number of thiazole rings is 1. The average molecular weight is 250 g/mol. The Labute approximate surface area is 104 Å². The molecule has 0 fully saturated rings. The Morgan fingerprint density at radius 2 is 2.41 bits per heavy atom. The molecule has 0 radical (unpaired) electrons. The second kappa shape index (κ2) is 4.71. The average Bonchev–Trinajstić information content (AvgIpc) is 2.97. The van der Waals surface area contributed by atoms with Crippen molar-refractivity contribution in [2.45, 2.75) is 26.3 Å². The van der Waals surface area contributed by atoms with E-state index in [2.05, 4.69) is 11.9 Å². The maximum Gasteiger partial charge on any atom is 0.352 e. The molecule has 0 amide bonds. The van der Waals surface area contributed by atoms with Gasteiger partial charge in [-0.05, 0) is 25.5 Å². The van der Waals surface area contributed by atoms with Crippen LogP contribution in [0.25, 0.3) is 0 Å². The quantitative estimate of drug-likeness (QED) is 0.907. The van der Waals surface area contributed by atoms with Crippen LogP contribution in [-0.4, -0.2) is 20.6 Å². The van der Waals surface area contributed by atoms with Gasteiger partial charge in [0, 0.05) is 17.3 Å². The summed E-state index contributed by atoms with van der Waals surface area (Å²) in [7, 11) is 0. The Morgan fingerprint density at radius 3 is 3.00 bits per heavy atom. The number of aromatic nitrogens is 2. The van der Waals surface area contributed by atoms with Crippen molar-refractivity contribution in [2.24, 2.45) is 0 Å². The molecule has 4 nitrogen and oxygen atoms in total. The summed E-state index contributed by atoms with van der Waals surface area (Å²) in [4.78, 5) is 16.6. The fourth-order valence-corrected chi connectivity index (χ4v) is 2.62. The lowest BCUT2D eigenvalue weighted by Crippen LogP contribution is -2.12. The first-order chi connectivity index (χ1) is 8.13. The van der Waals surface area contributed by atoms with Crippen LogP contribution in [-0.2, 0) is 6.42 Å². The smallest absolute Gasteiger partial charge is 0.352 e. The molecule has 5 heteroatoms. The lowest BCUT2D eigenvalue weighted by molar-refractivity contribution is 0.0684. The van der Waals surface area contributed by atoms with Crippen LogP contribution in [0.3, 0.4) is 0 Å². The Morgan fingerprint density at radius 1 is 1.65 bits per heavy atom. The minimum Gasteiger partial charge on any atom is -0.477 e. The molecule has 2 rings (SSSR count). The second-order valence-electron chi connectivity index (χ2n) is 3.80. The Kier molecular flexibility index (Phi) is 3.28. The number of hydrogen-bond acceptors (Lipinski definition) is 3. The predicted octanol–water partition coefficient (Wildman–Crippen LogP) is 2.81. The monoisotopic (exact) mass is 250 g/mol. The first-order valence-electron chi connectivity index (χ1n) is 5.48. The lowest BCUT2D eigenvalue weighted by atomic mass is 10.3. The first-order valence-corrected chi connectivity index (χ1v) is 6.29. The van der Waals surface area contributed by atoms with Gasteiger partial charge in [0.2, 0.25) is 0 Å². The van der Waals surface area contributed by atoms with Crippen LogP contribution in [0.1, 0.15) is 40.3 Å². The summed E-state index contributed by atoms with van der Waals surface area (Å²) in [6, 6.07) is 3.31. The zero-order valence-electron chi connectivity index (χ0n) is 9.75. The summed E-state index contributed by atoms with van der Waals surface area (Å²) in [5, 5.41) is 10.0. The molecule has 1 N–H and O–H groups in total. The molecule has 0 bridgehead atoms. The molecule has 1 unspecified atom stereocenters. The van der Waals surface area contributed by atoms with Crippen LogP contribution in [0.15, 0.2) is 24.5 Å². The van der Waals surface area contributed by atoms with Crippen molar-refractivity contribution in [3.8, 4) is 0 Å². The van der Waals surface area contributed by atoms with Gasteiger partial charge in [0.05, 0.1) is 6.04 Å². The van der Waals surface area contributed by atoms with E-state index in [1.165, 1.54) is 4.88 Å². The van der Waals surface area contributed by atoms with Crippen molar-refractivity contribution >= 4 is 17.3 Å². The summed E-state index contributed by atoms with van der Waals surface area (Å²) >= 11 is 1.63. The normalized spacial score (nSPS) is 12.6. The Hall–Kier alpha value is -1.62. The van der Waals surface area contributed by atoms with Gasteiger partial charge in [-0.3, -0.25) is 0 Å². The van der Waals surface area contributed by atoms with Gasteiger partial charge in [-0.2, -0.15) is 0 Å². The van der Waals surface area contributed by atoms with Gasteiger partial charge < -0.3 is 9.67 Å². The van der Waals surface area contributed by atoms with E-state index in [1.807, 2.05) is 13.1 Å². The molecule has 2 aromatic rings. The summed E-state index contributed by atoms with van der Waals surface area (Å²) < 4.78 is 1.74. The highest BCUT2D eigenvalue weighted by molar-refractivity contribution is 7.11. The molecule has 90 valence electrons. The van der Waals surface area contributed by atoms with Crippen molar-refractivity contribution in [3.63, 3.8) is 0 Å². The van der Waals surface area contributed by atoms with E-state index in [0.717, 1.165) is 11.4 Å². The number of carboxylic acid groups (broad SMARTS) is 1. The van der Waals surface area contributed by atoms with Crippen molar-refractivity contribution in [2.75, 3.05) is 0 Å². The van der Waals surface area contributed by atoms with Crippen LogP contribution in [0.2, 0.25) is 0 Å². The summed E-state index contributed by atoms with van der Waals surface area (Å²) in [5.74, 6) is -0.908. The summed E-state index contributed by atoms with van der Waals surface area (Å²) in [6.45, 7) is 4.05. The molecule has 0 saturated carbocycles. The zero-order chi connectivity index (χ0) is 12.4. The SMILES string of the molecule is CCc1cnc(C(C)n2cccc2C(=O)O)s1. The second-order valence-corrected chi connectivity index (χ2v) is 4.95. The molecule has 0 aliphatic carbocycles.